The summed E-state index contributed by atoms with van der Waals surface area (Å²) in [4.78, 5) is 21.1. The molecular weight excluding hydrogens is 368 g/mol. The van der Waals surface area contributed by atoms with Crippen LogP contribution in [0.2, 0.25) is 0 Å². The van der Waals surface area contributed by atoms with Crippen LogP contribution in [0.3, 0.4) is 0 Å². The SMILES string of the molecule is O=C(CN1CCN(C(c2ccccc2)c2ccccc2)CC1)Nc1nccs1. The van der Waals surface area contributed by atoms with Crippen molar-refractivity contribution >= 4 is 22.4 Å². The molecule has 1 aromatic heterocycles. The van der Waals surface area contributed by atoms with Crippen LogP contribution in [0.15, 0.2) is 72.2 Å². The molecule has 1 amide bonds. The predicted octanol–water partition coefficient (Wildman–Crippen LogP) is 3.49. The Balaban J connectivity index is 1.40. The van der Waals surface area contributed by atoms with Crippen LogP contribution in [0.5, 0.6) is 0 Å². The van der Waals surface area contributed by atoms with Gasteiger partial charge in [0.1, 0.15) is 0 Å². The fourth-order valence-electron chi connectivity index (χ4n) is 3.71. The largest absolute Gasteiger partial charge is 0.301 e. The summed E-state index contributed by atoms with van der Waals surface area (Å²) in [6, 6.07) is 21.6. The molecule has 0 atom stereocenters. The van der Waals surface area contributed by atoms with Crippen LogP contribution in [0.4, 0.5) is 5.13 Å². The summed E-state index contributed by atoms with van der Waals surface area (Å²) in [5.41, 5.74) is 2.62. The number of thiazole rings is 1. The van der Waals surface area contributed by atoms with Gasteiger partial charge in [0.05, 0.1) is 12.6 Å². The quantitative estimate of drug-likeness (QED) is 0.698. The minimum atomic E-state index is 0.00562. The van der Waals surface area contributed by atoms with Crippen molar-refractivity contribution < 1.29 is 4.79 Å². The van der Waals surface area contributed by atoms with Gasteiger partial charge < -0.3 is 5.32 Å². The van der Waals surface area contributed by atoms with E-state index in [0.717, 1.165) is 26.2 Å². The number of carbonyl (C=O) groups excluding carboxylic acids is 1. The maximum absolute atomic E-state index is 12.2. The number of carbonyl (C=O) groups is 1. The highest BCUT2D eigenvalue weighted by atomic mass is 32.1. The third kappa shape index (κ3) is 4.65. The fraction of sp³-hybridized carbons (Fsp3) is 0.273. The van der Waals surface area contributed by atoms with Crippen LogP contribution >= 0.6 is 11.3 Å². The molecule has 144 valence electrons. The zero-order chi connectivity index (χ0) is 19.2. The second kappa shape index (κ2) is 9.10. The summed E-state index contributed by atoms with van der Waals surface area (Å²) in [5, 5.41) is 5.39. The van der Waals surface area contributed by atoms with Gasteiger partial charge in [0.25, 0.3) is 0 Å². The Hall–Kier alpha value is -2.54. The smallest absolute Gasteiger partial charge is 0.240 e. The maximum Gasteiger partial charge on any atom is 0.240 e. The van der Waals surface area contributed by atoms with Gasteiger partial charge >= 0.3 is 0 Å². The Morgan fingerprint density at radius 2 is 1.57 bits per heavy atom. The van der Waals surface area contributed by atoms with Gasteiger partial charge in [0.15, 0.2) is 5.13 Å². The third-order valence-corrected chi connectivity index (χ3v) is 5.74. The molecule has 4 rings (SSSR count). The first-order valence-electron chi connectivity index (χ1n) is 9.55. The summed E-state index contributed by atoms with van der Waals surface area (Å²) in [6.07, 6.45) is 1.70. The number of anilines is 1. The number of hydrogen-bond acceptors (Lipinski definition) is 5. The predicted molar refractivity (Wildman–Crippen MR) is 113 cm³/mol. The van der Waals surface area contributed by atoms with Crippen LogP contribution in [0.25, 0.3) is 0 Å². The minimum absolute atomic E-state index is 0.00562. The summed E-state index contributed by atoms with van der Waals surface area (Å²) < 4.78 is 0. The number of nitrogens with one attached hydrogen (secondary N) is 1. The molecule has 3 aromatic rings. The highest BCUT2D eigenvalue weighted by Crippen LogP contribution is 2.29. The number of amides is 1. The summed E-state index contributed by atoms with van der Waals surface area (Å²) in [6.45, 7) is 4.02. The molecule has 1 aliphatic heterocycles. The number of aromatic nitrogens is 1. The molecule has 2 aromatic carbocycles. The molecule has 0 saturated carbocycles. The number of hydrogen-bond donors (Lipinski definition) is 1. The first-order chi connectivity index (χ1) is 13.8. The first-order valence-corrected chi connectivity index (χ1v) is 10.4. The van der Waals surface area contributed by atoms with Crippen LogP contribution in [0.1, 0.15) is 17.2 Å². The van der Waals surface area contributed by atoms with Crippen molar-refractivity contribution in [1.82, 2.24) is 14.8 Å². The molecule has 0 bridgehead atoms. The Kier molecular flexibility index (Phi) is 6.11. The summed E-state index contributed by atoms with van der Waals surface area (Å²) >= 11 is 1.44. The maximum atomic E-state index is 12.2. The van der Waals surface area contributed by atoms with Crippen molar-refractivity contribution in [1.29, 1.82) is 0 Å². The lowest BCUT2D eigenvalue weighted by Gasteiger charge is -2.39. The van der Waals surface area contributed by atoms with E-state index in [-0.39, 0.29) is 11.9 Å². The lowest BCUT2D eigenvalue weighted by molar-refractivity contribution is -0.117. The molecule has 1 saturated heterocycles. The van der Waals surface area contributed by atoms with E-state index in [9.17, 15) is 4.79 Å². The molecule has 6 heteroatoms. The summed E-state index contributed by atoms with van der Waals surface area (Å²) in [7, 11) is 0. The topological polar surface area (TPSA) is 48.5 Å². The van der Waals surface area contributed by atoms with E-state index >= 15 is 0 Å². The molecule has 2 heterocycles. The zero-order valence-corrected chi connectivity index (χ0v) is 16.5. The Labute approximate surface area is 169 Å². The van der Waals surface area contributed by atoms with E-state index in [0.29, 0.717) is 11.7 Å². The minimum Gasteiger partial charge on any atom is -0.301 e. The lowest BCUT2D eigenvalue weighted by atomic mass is 9.96. The molecule has 0 radical (unpaired) electrons. The number of benzene rings is 2. The molecular formula is C22H24N4OS. The normalized spacial score (nSPS) is 15.6. The average molecular weight is 393 g/mol. The van der Waals surface area contributed by atoms with E-state index in [4.69, 9.17) is 0 Å². The van der Waals surface area contributed by atoms with E-state index in [2.05, 4.69) is 80.8 Å². The zero-order valence-electron chi connectivity index (χ0n) is 15.7. The van der Waals surface area contributed by atoms with Crippen LogP contribution in [-0.2, 0) is 4.79 Å². The van der Waals surface area contributed by atoms with Crippen molar-refractivity contribution in [3.05, 3.63) is 83.4 Å². The molecule has 0 unspecified atom stereocenters. The monoisotopic (exact) mass is 392 g/mol. The van der Waals surface area contributed by atoms with Crippen molar-refractivity contribution in [3.8, 4) is 0 Å². The van der Waals surface area contributed by atoms with E-state index in [1.54, 1.807) is 6.20 Å². The van der Waals surface area contributed by atoms with Crippen LogP contribution in [0, 0.1) is 0 Å². The molecule has 0 aliphatic carbocycles. The van der Waals surface area contributed by atoms with Gasteiger partial charge in [-0.2, -0.15) is 0 Å². The first kappa shape index (κ1) is 18.8. The van der Waals surface area contributed by atoms with Gasteiger partial charge in [0, 0.05) is 37.8 Å². The Morgan fingerprint density at radius 1 is 0.964 bits per heavy atom. The van der Waals surface area contributed by atoms with E-state index in [1.165, 1.54) is 22.5 Å². The van der Waals surface area contributed by atoms with Crippen molar-refractivity contribution in [2.75, 3.05) is 38.0 Å². The summed E-state index contributed by atoms with van der Waals surface area (Å²) in [5.74, 6) is 0.00562. The van der Waals surface area contributed by atoms with E-state index in [1.807, 2.05) is 5.38 Å². The van der Waals surface area contributed by atoms with Gasteiger partial charge in [-0.1, -0.05) is 60.7 Å². The van der Waals surface area contributed by atoms with Gasteiger partial charge in [0.2, 0.25) is 5.91 Å². The van der Waals surface area contributed by atoms with Gasteiger partial charge in [-0.3, -0.25) is 14.6 Å². The van der Waals surface area contributed by atoms with Gasteiger partial charge in [-0.15, -0.1) is 11.3 Å². The molecule has 28 heavy (non-hydrogen) atoms. The molecule has 1 N–H and O–H groups in total. The van der Waals surface area contributed by atoms with Gasteiger partial charge in [-0.05, 0) is 11.1 Å². The van der Waals surface area contributed by atoms with Crippen molar-refractivity contribution in [3.63, 3.8) is 0 Å². The second-order valence-corrected chi connectivity index (χ2v) is 7.82. The lowest BCUT2D eigenvalue weighted by Crippen LogP contribution is -2.49. The molecule has 1 aliphatic rings. The number of rotatable bonds is 6. The van der Waals surface area contributed by atoms with Crippen LogP contribution in [-0.4, -0.2) is 53.4 Å². The Morgan fingerprint density at radius 3 is 2.11 bits per heavy atom. The third-order valence-electron chi connectivity index (χ3n) is 5.05. The standard InChI is InChI=1S/C22H24N4OS/c27-20(24-22-23-11-16-28-22)17-25-12-14-26(15-13-25)21(18-7-3-1-4-8-18)19-9-5-2-6-10-19/h1-11,16,21H,12-15,17H2,(H,23,24,27). The van der Waals surface area contributed by atoms with Gasteiger partial charge in [-0.25, -0.2) is 4.98 Å². The Bertz CT molecular complexity index is 823. The van der Waals surface area contributed by atoms with Crippen molar-refractivity contribution in [2.45, 2.75) is 6.04 Å². The van der Waals surface area contributed by atoms with Crippen LogP contribution < -0.4 is 5.32 Å². The number of nitrogens with zero attached hydrogens (tertiary/aromatic N) is 3. The van der Waals surface area contributed by atoms with Crippen molar-refractivity contribution in [2.24, 2.45) is 0 Å². The second-order valence-electron chi connectivity index (χ2n) is 6.92. The highest BCUT2D eigenvalue weighted by Gasteiger charge is 2.27. The fourth-order valence-corrected chi connectivity index (χ4v) is 4.26. The molecule has 5 nitrogen and oxygen atoms in total. The highest BCUT2D eigenvalue weighted by molar-refractivity contribution is 7.13. The average Bonchev–Trinajstić information content (AvgIpc) is 3.24. The van der Waals surface area contributed by atoms with E-state index < -0.39 is 0 Å². The molecule has 0 spiro atoms. The molecule has 1 fully saturated rings. The number of piperazine rings is 1.